The summed E-state index contributed by atoms with van der Waals surface area (Å²) in [6.07, 6.45) is 1.89. The van der Waals surface area contributed by atoms with Gasteiger partial charge in [-0.3, -0.25) is 0 Å². The maximum absolute atomic E-state index is 13.0. The Morgan fingerprint density at radius 3 is 2.45 bits per heavy atom. The molecule has 8 nitrogen and oxygen atoms in total. The molecular weight excluding hydrogens is 464 g/mol. The number of hydrogen-bond donors (Lipinski definition) is 0. The van der Waals surface area contributed by atoms with Crippen LogP contribution in [-0.2, 0) is 15.4 Å². The third kappa shape index (κ3) is 4.20. The van der Waals surface area contributed by atoms with Crippen molar-refractivity contribution in [2.75, 3.05) is 37.7 Å². The maximum atomic E-state index is 13.0. The lowest BCUT2D eigenvalue weighted by Crippen LogP contribution is -2.48. The molecule has 0 atom stereocenters. The second-order valence-electron chi connectivity index (χ2n) is 8.29. The Hall–Kier alpha value is -2.62. The van der Waals surface area contributed by atoms with E-state index in [4.69, 9.17) is 20.9 Å². The molecule has 1 aliphatic heterocycles. The minimum Gasteiger partial charge on any atom is -0.494 e. The van der Waals surface area contributed by atoms with E-state index >= 15 is 0 Å². The number of halogens is 1. The van der Waals surface area contributed by atoms with Crippen LogP contribution in [0.5, 0.6) is 5.75 Å². The van der Waals surface area contributed by atoms with Gasteiger partial charge in [0.1, 0.15) is 5.75 Å². The van der Waals surface area contributed by atoms with E-state index in [0.717, 1.165) is 18.4 Å². The summed E-state index contributed by atoms with van der Waals surface area (Å²) in [5, 5.41) is 4.94. The van der Waals surface area contributed by atoms with Crippen molar-refractivity contribution in [1.82, 2.24) is 14.4 Å². The number of sulfonamides is 1. The maximum Gasteiger partial charge on any atom is 0.324 e. The van der Waals surface area contributed by atoms with Crippen molar-refractivity contribution in [3.8, 4) is 5.75 Å². The van der Waals surface area contributed by atoms with Gasteiger partial charge in [0.25, 0.3) is 0 Å². The Labute approximate surface area is 198 Å². The highest BCUT2D eigenvalue weighted by atomic mass is 35.5. The second-order valence-corrected chi connectivity index (χ2v) is 10.7. The van der Waals surface area contributed by atoms with Gasteiger partial charge in [0.15, 0.2) is 5.82 Å². The molecule has 1 aliphatic carbocycles. The predicted molar refractivity (Wildman–Crippen MR) is 124 cm³/mol. The first-order chi connectivity index (χ1) is 15.9. The molecule has 3 aromatic rings. The van der Waals surface area contributed by atoms with Crippen LogP contribution in [-0.4, -0.2) is 55.6 Å². The van der Waals surface area contributed by atoms with Gasteiger partial charge in [0, 0.05) is 31.2 Å². The zero-order valence-corrected chi connectivity index (χ0v) is 19.8. The summed E-state index contributed by atoms with van der Waals surface area (Å²) in [6.45, 7) is 4.05. The molecule has 10 heteroatoms. The molecule has 0 spiro atoms. The molecule has 1 aromatic heterocycles. The molecule has 2 aromatic carbocycles. The fraction of sp³-hybridized carbons (Fsp3) is 0.391. The molecule has 2 aliphatic rings. The minimum absolute atomic E-state index is 0.245. The summed E-state index contributed by atoms with van der Waals surface area (Å²) in [4.78, 5) is 6.87. The number of anilines is 1. The molecule has 2 heterocycles. The Balaban J connectivity index is 1.26. The van der Waals surface area contributed by atoms with Crippen LogP contribution in [0.1, 0.15) is 31.2 Å². The van der Waals surface area contributed by atoms with Crippen LogP contribution >= 0.6 is 11.6 Å². The number of nitrogens with zero attached hydrogens (tertiary/aromatic N) is 4. The van der Waals surface area contributed by atoms with E-state index in [2.05, 4.69) is 10.1 Å². The van der Waals surface area contributed by atoms with Crippen LogP contribution in [0.25, 0.3) is 0 Å². The van der Waals surface area contributed by atoms with Gasteiger partial charge >= 0.3 is 6.01 Å². The smallest absolute Gasteiger partial charge is 0.324 e. The number of ether oxygens (including phenoxy) is 1. The van der Waals surface area contributed by atoms with Gasteiger partial charge in [-0.15, -0.1) is 0 Å². The van der Waals surface area contributed by atoms with Crippen LogP contribution in [0, 0.1) is 0 Å². The molecule has 33 heavy (non-hydrogen) atoms. The molecule has 1 saturated heterocycles. The van der Waals surface area contributed by atoms with Crippen molar-refractivity contribution in [2.45, 2.75) is 30.1 Å². The van der Waals surface area contributed by atoms with Gasteiger partial charge in [0.2, 0.25) is 10.0 Å². The van der Waals surface area contributed by atoms with E-state index < -0.39 is 10.0 Å². The van der Waals surface area contributed by atoms with Crippen LogP contribution in [0.2, 0.25) is 5.02 Å². The molecule has 0 amide bonds. The SMILES string of the molecule is CCOc1ccc(S(=O)(=O)N2CCN(c3nc(C4(c5cccc(Cl)c5)CC4)no3)CC2)cc1. The van der Waals surface area contributed by atoms with Gasteiger partial charge in [-0.05, 0) is 61.7 Å². The average Bonchev–Trinajstić information content (AvgIpc) is 3.49. The Kier molecular flexibility index (Phi) is 5.80. The lowest BCUT2D eigenvalue weighted by atomic mass is 9.95. The first-order valence-electron chi connectivity index (χ1n) is 11.0. The van der Waals surface area contributed by atoms with Gasteiger partial charge in [-0.2, -0.15) is 9.29 Å². The zero-order valence-electron chi connectivity index (χ0n) is 18.3. The molecule has 0 N–H and O–H groups in total. The third-order valence-corrected chi connectivity index (χ3v) is 8.40. The first-order valence-corrected chi connectivity index (χ1v) is 12.8. The van der Waals surface area contributed by atoms with Crippen molar-refractivity contribution in [2.24, 2.45) is 0 Å². The van der Waals surface area contributed by atoms with E-state index in [1.54, 1.807) is 24.3 Å². The number of benzene rings is 2. The van der Waals surface area contributed by atoms with Crippen LogP contribution in [0.4, 0.5) is 6.01 Å². The molecule has 174 valence electrons. The minimum atomic E-state index is -3.58. The monoisotopic (exact) mass is 488 g/mol. The van der Waals surface area contributed by atoms with Gasteiger partial charge in [0.05, 0.1) is 16.9 Å². The quantitative estimate of drug-likeness (QED) is 0.500. The summed E-state index contributed by atoms with van der Waals surface area (Å²) in [7, 11) is -3.58. The fourth-order valence-electron chi connectivity index (χ4n) is 4.23. The van der Waals surface area contributed by atoms with Gasteiger partial charge < -0.3 is 14.2 Å². The Morgan fingerprint density at radius 2 is 1.82 bits per heavy atom. The Morgan fingerprint density at radius 1 is 1.09 bits per heavy atom. The lowest BCUT2D eigenvalue weighted by Gasteiger charge is -2.32. The molecule has 2 fully saturated rings. The zero-order chi connectivity index (χ0) is 23.1. The number of hydrogen-bond acceptors (Lipinski definition) is 7. The largest absolute Gasteiger partial charge is 0.494 e. The van der Waals surface area contributed by atoms with E-state index in [1.807, 2.05) is 36.1 Å². The van der Waals surface area contributed by atoms with Crippen LogP contribution in [0.3, 0.4) is 0 Å². The van der Waals surface area contributed by atoms with Gasteiger partial charge in [-0.1, -0.05) is 28.9 Å². The number of aromatic nitrogens is 2. The normalized spacial score (nSPS) is 18.3. The molecular formula is C23H25ClN4O4S. The lowest BCUT2D eigenvalue weighted by molar-refractivity contribution is 0.339. The van der Waals surface area contributed by atoms with E-state index in [1.165, 1.54) is 4.31 Å². The highest BCUT2D eigenvalue weighted by molar-refractivity contribution is 7.89. The first kappa shape index (κ1) is 22.2. The average molecular weight is 489 g/mol. The van der Waals surface area contributed by atoms with Crippen molar-refractivity contribution >= 4 is 27.6 Å². The predicted octanol–water partition coefficient (Wildman–Crippen LogP) is 3.71. The fourth-order valence-corrected chi connectivity index (χ4v) is 5.85. The third-order valence-electron chi connectivity index (χ3n) is 6.25. The van der Waals surface area contributed by atoms with Crippen molar-refractivity contribution < 1.29 is 17.7 Å². The molecule has 0 unspecified atom stereocenters. The van der Waals surface area contributed by atoms with Crippen LogP contribution in [0.15, 0.2) is 57.9 Å². The van der Waals surface area contributed by atoms with Gasteiger partial charge in [-0.25, -0.2) is 8.42 Å². The molecule has 0 radical (unpaired) electrons. The summed E-state index contributed by atoms with van der Waals surface area (Å²) in [6, 6.07) is 14.7. The summed E-state index contributed by atoms with van der Waals surface area (Å²) < 4.78 is 38.5. The topological polar surface area (TPSA) is 88.8 Å². The number of rotatable bonds is 7. The summed E-state index contributed by atoms with van der Waals surface area (Å²) in [5.74, 6) is 1.31. The standard InChI is InChI=1S/C23H25ClN4O4S/c1-2-31-19-6-8-20(9-7-19)33(29,30)28-14-12-27(13-15-28)22-25-21(26-32-22)23(10-11-23)17-4-3-5-18(24)16-17/h3-9,16H,2,10-15H2,1H3. The van der Waals surface area contributed by atoms with E-state index in [9.17, 15) is 8.42 Å². The number of piperazine rings is 1. The van der Waals surface area contributed by atoms with Crippen molar-refractivity contribution in [3.63, 3.8) is 0 Å². The molecule has 0 bridgehead atoms. The summed E-state index contributed by atoms with van der Waals surface area (Å²) >= 11 is 6.18. The highest BCUT2D eigenvalue weighted by Crippen LogP contribution is 2.52. The van der Waals surface area contributed by atoms with E-state index in [-0.39, 0.29) is 10.3 Å². The molecule has 1 saturated carbocycles. The van der Waals surface area contributed by atoms with E-state index in [0.29, 0.717) is 55.4 Å². The molecule has 5 rings (SSSR count). The van der Waals surface area contributed by atoms with Crippen LogP contribution < -0.4 is 9.64 Å². The van der Waals surface area contributed by atoms with Crippen molar-refractivity contribution in [3.05, 3.63) is 64.9 Å². The summed E-state index contributed by atoms with van der Waals surface area (Å²) in [5.41, 5.74) is 0.847. The van der Waals surface area contributed by atoms with Crippen molar-refractivity contribution in [1.29, 1.82) is 0 Å². The second kappa shape index (κ2) is 8.62. The highest BCUT2D eigenvalue weighted by Gasteiger charge is 2.50. The Bertz CT molecular complexity index is 1230.